The number of aliphatic carboxylic acids is 3. The van der Waals surface area contributed by atoms with E-state index in [1.165, 1.54) is 32.1 Å². The molecule has 0 amide bonds. The molecule has 0 aliphatic heterocycles. The smallest absolute Gasteiger partial charge is 0.336 e. The Morgan fingerprint density at radius 1 is 1.04 bits per heavy atom. The average Bonchev–Trinajstić information content (AvgIpc) is 3.01. The molecule has 2 rings (SSSR count). The molecule has 24 heavy (non-hydrogen) atoms. The van der Waals surface area contributed by atoms with Crippen LogP contribution < -0.4 is 0 Å². The molecule has 0 atom stereocenters. The Kier molecular flexibility index (Phi) is 7.87. The monoisotopic (exact) mass is 358 g/mol. The van der Waals surface area contributed by atoms with Crippen molar-refractivity contribution in [3.8, 4) is 0 Å². The third kappa shape index (κ3) is 6.67. The molecule has 0 saturated heterocycles. The number of aliphatic hydroxyl groups is 1. The van der Waals surface area contributed by atoms with Gasteiger partial charge in [-0.05, 0) is 30.2 Å². The number of thiophene rings is 1. The number of rotatable bonds is 6. The Labute approximate surface area is 143 Å². The normalized spacial score (nSPS) is 15.2. The second kappa shape index (κ2) is 9.39. The number of carbonyl (C=O) groups is 3. The average molecular weight is 358 g/mol. The van der Waals surface area contributed by atoms with Crippen molar-refractivity contribution in [1.29, 1.82) is 0 Å². The zero-order chi connectivity index (χ0) is 18.2. The fourth-order valence-corrected chi connectivity index (χ4v) is 3.52. The second-order valence-electron chi connectivity index (χ2n) is 5.83. The summed E-state index contributed by atoms with van der Waals surface area (Å²) in [6.45, 7) is 0. The van der Waals surface area contributed by atoms with E-state index in [2.05, 4.69) is 17.5 Å². The summed E-state index contributed by atoms with van der Waals surface area (Å²) in [6, 6.07) is 4.47. The predicted octanol–water partition coefficient (Wildman–Crippen LogP) is 2.55. The summed E-state index contributed by atoms with van der Waals surface area (Å²) in [5, 5.41) is 36.0. The molecular weight excluding hydrogens is 336 g/mol. The molecule has 1 aromatic rings. The lowest BCUT2D eigenvalue weighted by molar-refractivity contribution is -0.170. The Hall–Kier alpha value is -1.93. The Bertz CT molecular complexity index is 531. The van der Waals surface area contributed by atoms with Crippen molar-refractivity contribution in [1.82, 2.24) is 0 Å². The van der Waals surface area contributed by atoms with Crippen LogP contribution in [0.5, 0.6) is 0 Å². The summed E-state index contributed by atoms with van der Waals surface area (Å²) < 4.78 is 0. The van der Waals surface area contributed by atoms with Gasteiger partial charge in [0.2, 0.25) is 0 Å². The highest BCUT2D eigenvalue weighted by Crippen LogP contribution is 2.34. The molecule has 4 N–H and O–H groups in total. The minimum absolute atomic E-state index is 0.906. The molecule has 8 heteroatoms. The molecule has 0 spiro atoms. The van der Waals surface area contributed by atoms with Crippen LogP contribution in [-0.2, 0) is 14.4 Å². The molecule has 0 aromatic carbocycles. The van der Waals surface area contributed by atoms with Crippen molar-refractivity contribution in [3.05, 3.63) is 22.4 Å². The van der Waals surface area contributed by atoms with Gasteiger partial charge >= 0.3 is 17.9 Å². The lowest BCUT2D eigenvalue weighted by Crippen LogP contribution is -2.42. The molecule has 0 radical (unpaired) electrons. The first-order chi connectivity index (χ1) is 11.2. The summed E-state index contributed by atoms with van der Waals surface area (Å²) in [6.07, 6.45) is 4.93. The Morgan fingerprint density at radius 3 is 1.96 bits per heavy atom. The van der Waals surface area contributed by atoms with E-state index < -0.39 is 36.4 Å². The fourth-order valence-electron chi connectivity index (χ4n) is 2.62. The van der Waals surface area contributed by atoms with Gasteiger partial charge in [0, 0.05) is 4.88 Å². The van der Waals surface area contributed by atoms with Crippen LogP contribution >= 0.6 is 11.3 Å². The van der Waals surface area contributed by atoms with Crippen LogP contribution in [0, 0.1) is 0 Å². The maximum Gasteiger partial charge on any atom is 0.336 e. The van der Waals surface area contributed by atoms with Crippen LogP contribution in [-0.4, -0.2) is 43.9 Å². The van der Waals surface area contributed by atoms with Crippen LogP contribution in [0.15, 0.2) is 17.5 Å². The number of hydrogen-bond donors (Lipinski definition) is 4. The first-order valence-corrected chi connectivity index (χ1v) is 8.55. The van der Waals surface area contributed by atoms with E-state index in [9.17, 15) is 14.4 Å². The van der Waals surface area contributed by atoms with Gasteiger partial charge in [-0.3, -0.25) is 9.59 Å². The van der Waals surface area contributed by atoms with Crippen molar-refractivity contribution in [2.45, 2.75) is 56.5 Å². The van der Waals surface area contributed by atoms with E-state index in [1.807, 2.05) is 11.3 Å². The maximum atomic E-state index is 10.3. The zero-order valence-electron chi connectivity index (χ0n) is 13.2. The van der Waals surface area contributed by atoms with Crippen LogP contribution in [0.25, 0.3) is 0 Å². The summed E-state index contributed by atoms with van der Waals surface area (Å²) in [5.41, 5.74) is -2.74. The maximum absolute atomic E-state index is 10.3. The lowest BCUT2D eigenvalue weighted by Gasteiger charge is -2.19. The minimum atomic E-state index is -2.74. The van der Waals surface area contributed by atoms with Crippen molar-refractivity contribution in [2.24, 2.45) is 0 Å². The highest BCUT2D eigenvalue weighted by atomic mass is 32.1. The van der Waals surface area contributed by atoms with Gasteiger partial charge in [0.05, 0.1) is 12.8 Å². The van der Waals surface area contributed by atoms with Crippen molar-refractivity contribution >= 4 is 29.2 Å². The van der Waals surface area contributed by atoms with Gasteiger partial charge in [-0.2, -0.15) is 0 Å². The molecular formula is C16H22O7S. The van der Waals surface area contributed by atoms with E-state index in [4.69, 9.17) is 20.4 Å². The number of hydrogen-bond acceptors (Lipinski definition) is 5. The van der Waals surface area contributed by atoms with Gasteiger partial charge in [-0.1, -0.05) is 25.3 Å². The third-order valence-corrected chi connectivity index (χ3v) is 4.87. The minimum Gasteiger partial charge on any atom is -0.481 e. The summed E-state index contributed by atoms with van der Waals surface area (Å²) >= 11 is 1.93. The summed E-state index contributed by atoms with van der Waals surface area (Å²) in [5.74, 6) is -4.11. The topological polar surface area (TPSA) is 132 Å². The van der Waals surface area contributed by atoms with Gasteiger partial charge < -0.3 is 20.4 Å². The molecule has 7 nitrogen and oxygen atoms in total. The molecule has 134 valence electrons. The quantitative estimate of drug-likeness (QED) is 0.614. The molecule has 1 aliphatic carbocycles. The summed E-state index contributed by atoms with van der Waals surface area (Å²) in [7, 11) is 0. The standard InChI is InChI=1S/C10H14S.C6H8O7/c1-2-5-9(6-3-1)10-7-4-8-11-10;7-3(8)1-6(13,5(11)12)2-4(9)10/h4,7-9H,1-3,5-6H2;13H,1-2H2,(H,7,8)(H,9,10)(H,11,12). The van der Waals surface area contributed by atoms with Gasteiger partial charge in [0.15, 0.2) is 5.60 Å². The van der Waals surface area contributed by atoms with E-state index in [0.29, 0.717) is 0 Å². The lowest BCUT2D eigenvalue weighted by atomic mass is 9.88. The van der Waals surface area contributed by atoms with E-state index >= 15 is 0 Å². The van der Waals surface area contributed by atoms with Crippen LogP contribution in [0.2, 0.25) is 0 Å². The van der Waals surface area contributed by atoms with Gasteiger partial charge in [-0.25, -0.2) is 4.79 Å². The first-order valence-electron chi connectivity index (χ1n) is 7.67. The van der Waals surface area contributed by atoms with Crippen molar-refractivity contribution in [2.75, 3.05) is 0 Å². The number of carboxylic acid groups (broad SMARTS) is 3. The SMILES string of the molecule is O=C(O)CC(O)(CC(=O)O)C(=O)O.c1csc(C2CCCCC2)c1. The molecule has 1 aliphatic rings. The van der Waals surface area contributed by atoms with Crippen molar-refractivity contribution in [3.63, 3.8) is 0 Å². The zero-order valence-corrected chi connectivity index (χ0v) is 14.0. The largest absolute Gasteiger partial charge is 0.481 e. The van der Waals surface area contributed by atoms with Gasteiger partial charge in [-0.15, -0.1) is 11.3 Å². The molecule has 1 aromatic heterocycles. The molecule has 1 heterocycles. The van der Waals surface area contributed by atoms with E-state index in [-0.39, 0.29) is 0 Å². The van der Waals surface area contributed by atoms with E-state index in [0.717, 1.165) is 5.92 Å². The van der Waals surface area contributed by atoms with Crippen LogP contribution in [0.1, 0.15) is 55.7 Å². The van der Waals surface area contributed by atoms with Crippen LogP contribution in [0.3, 0.4) is 0 Å². The summed E-state index contributed by atoms with van der Waals surface area (Å²) in [4.78, 5) is 32.1. The van der Waals surface area contributed by atoms with E-state index in [1.54, 1.807) is 4.88 Å². The first kappa shape index (κ1) is 20.1. The highest BCUT2D eigenvalue weighted by Gasteiger charge is 2.40. The van der Waals surface area contributed by atoms with Gasteiger partial charge in [0.1, 0.15) is 0 Å². The number of carboxylic acids is 3. The van der Waals surface area contributed by atoms with Crippen LogP contribution in [0.4, 0.5) is 0 Å². The molecule has 1 saturated carbocycles. The Balaban J connectivity index is 0.000000242. The second-order valence-corrected chi connectivity index (χ2v) is 6.81. The van der Waals surface area contributed by atoms with Crippen molar-refractivity contribution < 1.29 is 34.8 Å². The third-order valence-electron chi connectivity index (χ3n) is 3.84. The fraction of sp³-hybridized carbons (Fsp3) is 0.562. The Morgan fingerprint density at radius 2 is 1.58 bits per heavy atom. The van der Waals surface area contributed by atoms with Gasteiger partial charge in [0.25, 0.3) is 0 Å². The highest BCUT2D eigenvalue weighted by molar-refractivity contribution is 7.10. The molecule has 0 unspecified atom stereocenters. The molecule has 0 bridgehead atoms. The predicted molar refractivity (Wildman–Crippen MR) is 87.2 cm³/mol. The molecule has 1 fully saturated rings.